The Balaban J connectivity index is 1.63. The lowest BCUT2D eigenvalue weighted by atomic mass is 10.1. The Hall–Kier alpha value is -2.08. The topological polar surface area (TPSA) is 58.4 Å². The molecule has 6 nitrogen and oxygen atoms in total. The minimum Gasteiger partial charge on any atom is -0.494 e. The first-order chi connectivity index (χ1) is 11.3. The van der Waals surface area contributed by atoms with E-state index in [0.29, 0.717) is 25.0 Å². The number of hydrogen-bond acceptors (Lipinski definition) is 5. The lowest BCUT2D eigenvalue weighted by Gasteiger charge is -2.06. The van der Waals surface area contributed by atoms with E-state index < -0.39 is 0 Å². The van der Waals surface area contributed by atoms with Gasteiger partial charge in [0, 0.05) is 19.1 Å². The molecule has 6 heteroatoms. The Morgan fingerprint density at radius 1 is 1.17 bits per heavy atom. The van der Waals surface area contributed by atoms with Gasteiger partial charge in [0.15, 0.2) is 5.82 Å². The first-order valence-corrected chi connectivity index (χ1v) is 8.17. The molecule has 2 heterocycles. The molecule has 0 saturated carbocycles. The second-order valence-electron chi connectivity index (χ2n) is 5.46. The van der Waals surface area contributed by atoms with Crippen molar-refractivity contribution in [2.24, 2.45) is 0 Å². The van der Waals surface area contributed by atoms with Gasteiger partial charge in [-0.05, 0) is 44.5 Å². The fourth-order valence-electron chi connectivity index (χ4n) is 2.68. The molecule has 0 bridgehead atoms. The Kier molecular flexibility index (Phi) is 5.12. The SMILES string of the molecule is CCOc1ccc(OCc2nc([C@H]3CCOC3)n(CC)n2)cc1. The zero-order valence-electron chi connectivity index (χ0n) is 13.7. The number of aromatic nitrogens is 3. The molecule has 0 aliphatic carbocycles. The number of aryl methyl sites for hydroxylation is 1. The summed E-state index contributed by atoms with van der Waals surface area (Å²) in [5, 5.41) is 4.54. The molecule has 0 radical (unpaired) electrons. The monoisotopic (exact) mass is 317 g/mol. The molecule has 1 atom stereocenters. The van der Waals surface area contributed by atoms with Crippen LogP contribution in [-0.4, -0.2) is 34.6 Å². The number of ether oxygens (including phenoxy) is 3. The zero-order valence-corrected chi connectivity index (χ0v) is 13.7. The van der Waals surface area contributed by atoms with E-state index >= 15 is 0 Å². The highest BCUT2D eigenvalue weighted by atomic mass is 16.5. The highest BCUT2D eigenvalue weighted by Gasteiger charge is 2.24. The normalized spacial score (nSPS) is 17.4. The molecule has 0 amide bonds. The number of rotatable bonds is 7. The summed E-state index contributed by atoms with van der Waals surface area (Å²) in [5.41, 5.74) is 0. The summed E-state index contributed by atoms with van der Waals surface area (Å²) >= 11 is 0. The Labute approximate surface area is 136 Å². The lowest BCUT2D eigenvalue weighted by Crippen LogP contribution is -2.09. The number of benzene rings is 1. The molecule has 0 unspecified atom stereocenters. The van der Waals surface area contributed by atoms with Crippen LogP contribution in [0.15, 0.2) is 24.3 Å². The van der Waals surface area contributed by atoms with Crippen molar-refractivity contribution < 1.29 is 14.2 Å². The van der Waals surface area contributed by atoms with Gasteiger partial charge < -0.3 is 14.2 Å². The van der Waals surface area contributed by atoms with Crippen molar-refractivity contribution in [2.75, 3.05) is 19.8 Å². The van der Waals surface area contributed by atoms with Crippen LogP contribution in [0, 0.1) is 0 Å². The van der Waals surface area contributed by atoms with Crippen molar-refractivity contribution in [1.82, 2.24) is 14.8 Å². The average Bonchev–Trinajstić information content (AvgIpc) is 3.23. The zero-order chi connectivity index (χ0) is 16.1. The van der Waals surface area contributed by atoms with E-state index in [1.165, 1.54) is 0 Å². The molecule has 1 aliphatic heterocycles. The van der Waals surface area contributed by atoms with Crippen LogP contribution >= 0.6 is 0 Å². The van der Waals surface area contributed by atoms with E-state index in [2.05, 4.69) is 17.0 Å². The molecule has 2 aromatic rings. The van der Waals surface area contributed by atoms with Crippen molar-refractivity contribution in [1.29, 1.82) is 0 Å². The van der Waals surface area contributed by atoms with Crippen LogP contribution in [0.3, 0.4) is 0 Å². The van der Waals surface area contributed by atoms with Gasteiger partial charge >= 0.3 is 0 Å². The first-order valence-electron chi connectivity index (χ1n) is 8.17. The fourth-order valence-corrected chi connectivity index (χ4v) is 2.68. The molecule has 124 valence electrons. The standard InChI is InChI=1S/C17H23N3O3/c1-3-20-17(13-9-10-21-11-13)18-16(19-20)12-23-15-7-5-14(6-8-15)22-4-2/h5-8,13H,3-4,9-12H2,1-2H3/t13-/m0/s1. The summed E-state index contributed by atoms with van der Waals surface area (Å²) in [6.07, 6.45) is 1.01. The molecular formula is C17H23N3O3. The van der Waals surface area contributed by atoms with E-state index in [4.69, 9.17) is 14.2 Å². The van der Waals surface area contributed by atoms with Crippen LogP contribution in [0.2, 0.25) is 0 Å². The van der Waals surface area contributed by atoms with Gasteiger partial charge in [-0.1, -0.05) is 0 Å². The lowest BCUT2D eigenvalue weighted by molar-refractivity contribution is 0.192. The van der Waals surface area contributed by atoms with Gasteiger partial charge in [-0.3, -0.25) is 0 Å². The van der Waals surface area contributed by atoms with E-state index in [1.807, 2.05) is 35.9 Å². The summed E-state index contributed by atoms with van der Waals surface area (Å²) in [7, 11) is 0. The minimum atomic E-state index is 0.349. The smallest absolute Gasteiger partial charge is 0.188 e. The molecular weight excluding hydrogens is 294 g/mol. The van der Waals surface area contributed by atoms with Crippen LogP contribution in [0.25, 0.3) is 0 Å². The number of hydrogen-bond donors (Lipinski definition) is 0. The van der Waals surface area contributed by atoms with Crippen molar-refractivity contribution in [3.8, 4) is 11.5 Å². The molecule has 1 saturated heterocycles. The van der Waals surface area contributed by atoms with E-state index in [-0.39, 0.29) is 0 Å². The third kappa shape index (κ3) is 3.82. The van der Waals surface area contributed by atoms with Gasteiger partial charge in [-0.25, -0.2) is 9.67 Å². The van der Waals surface area contributed by atoms with Crippen LogP contribution in [0.1, 0.15) is 37.8 Å². The summed E-state index contributed by atoms with van der Waals surface area (Å²) in [6.45, 7) is 7.41. The van der Waals surface area contributed by atoms with Gasteiger partial charge in [-0.15, -0.1) is 0 Å². The van der Waals surface area contributed by atoms with Gasteiger partial charge in [0.25, 0.3) is 0 Å². The van der Waals surface area contributed by atoms with Crippen molar-refractivity contribution in [2.45, 2.75) is 39.3 Å². The van der Waals surface area contributed by atoms with Gasteiger partial charge in [0.2, 0.25) is 0 Å². The Morgan fingerprint density at radius 3 is 2.52 bits per heavy atom. The Bertz CT molecular complexity index is 619. The summed E-state index contributed by atoms with van der Waals surface area (Å²) in [6, 6.07) is 7.59. The van der Waals surface area contributed by atoms with Gasteiger partial charge in [-0.2, -0.15) is 5.10 Å². The van der Waals surface area contributed by atoms with Crippen molar-refractivity contribution >= 4 is 0 Å². The predicted molar refractivity (Wildman–Crippen MR) is 85.8 cm³/mol. The molecule has 1 aliphatic rings. The summed E-state index contributed by atoms with van der Waals surface area (Å²) < 4.78 is 18.6. The second-order valence-corrected chi connectivity index (χ2v) is 5.46. The highest BCUT2D eigenvalue weighted by Crippen LogP contribution is 2.24. The third-order valence-electron chi connectivity index (χ3n) is 3.84. The van der Waals surface area contributed by atoms with Crippen LogP contribution < -0.4 is 9.47 Å². The van der Waals surface area contributed by atoms with Crippen molar-refractivity contribution in [3.63, 3.8) is 0 Å². The second kappa shape index (κ2) is 7.46. The van der Waals surface area contributed by atoms with E-state index in [1.54, 1.807) is 0 Å². The third-order valence-corrected chi connectivity index (χ3v) is 3.84. The maximum Gasteiger partial charge on any atom is 0.188 e. The Morgan fingerprint density at radius 2 is 1.91 bits per heavy atom. The quantitative estimate of drug-likeness (QED) is 0.786. The molecule has 0 N–H and O–H groups in total. The highest BCUT2D eigenvalue weighted by molar-refractivity contribution is 5.31. The van der Waals surface area contributed by atoms with Crippen LogP contribution in [-0.2, 0) is 17.9 Å². The average molecular weight is 317 g/mol. The number of nitrogens with zero attached hydrogens (tertiary/aromatic N) is 3. The molecule has 0 spiro atoms. The van der Waals surface area contributed by atoms with Crippen LogP contribution in [0.4, 0.5) is 0 Å². The minimum absolute atomic E-state index is 0.349. The molecule has 1 aromatic carbocycles. The fraction of sp³-hybridized carbons (Fsp3) is 0.529. The van der Waals surface area contributed by atoms with Gasteiger partial charge in [0.05, 0.1) is 13.2 Å². The summed E-state index contributed by atoms with van der Waals surface area (Å²) in [5.74, 6) is 3.70. The van der Waals surface area contributed by atoms with Crippen LogP contribution in [0.5, 0.6) is 11.5 Å². The maximum atomic E-state index is 5.78. The van der Waals surface area contributed by atoms with Gasteiger partial charge in [0.1, 0.15) is 23.9 Å². The predicted octanol–water partition coefficient (Wildman–Crippen LogP) is 2.78. The molecule has 3 rings (SSSR count). The maximum absolute atomic E-state index is 5.78. The largest absolute Gasteiger partial charge is 0.494 e. The van der Waals surface area contributed by atoms with Crippen molar-refractivity contribution in [3.05, 3.63) is 35.9 Å². The van der Waals surface area contributed by atoms with E-state index in [0.717, 1.165) is 43.5 Å². The van der Waals surface area contributed by atoms with E-state index in [9.17, 15) is 0 Å². The molecule has 1 fully saturated rings. The summed E-state index contributed by atoms with van der Waals surface area (Å²) in [4.78, 5) is 4.65. The first kappa shape index (κ1) is 15.8. The molecule has 23 heavy (non-hydrogen) atoms. The molecule has 1 aromatic heterocycles.